The third kappa shape index (κ3) is 9.17. The minimum absolute atomic E-state index is 0.0938. The Morgan fingerprint density at radius 2 is 1.93 bits per heavy atom. The van der Waals surface area contributed by atoms with Gasteiger partial charge in [0.2, 0.25) is 0 Å². The molecule has 1 rings (SSSR count). The normalized spacial score (nSPS) is 8.80. The summed E-state index contributed by atoms with van der Waals surface area (Å²) in [6.45, 7) is 0.188. The molecule has 1 aromatic heterocycles. The summed E-state index contributed by atoms with van der Waals surface area (Å²) in [7, 11) is -1.77. The summed E-state index contributed by atoms with van der Waals surface area (Å²) in [6, 6.07) is 3.21. The molecule has 0 saturated carbocycles. The van der Waals surface area contributed by atoms with Crippen molar-refractivity contribution in [2.24, 2.45) is 0 Å². The van der Waals surface area contributed by atoms with E-state index in [1.165, 1.54) is 6.20 Å². The maximum absolute atomic E-state index is 8.31. The minimum atomic E-state index is -1.77. The van der Waals surface area contributed by atoms with E-state index in [0.717, 1.165) is 0 Å². The van der Waals surface area contributed by atoms with Gasteiger partial charge in [-0.15, -0.1) is 0 Å². The first-order valence-electron chi connectivity index (χ1n) is 4.35. The highest BCUT2D eigenvalue weighted by atomic mass is 16.6. The molecule has 0 unspecified atom stereocenters. The molecular formula is C8H14BNO5. The van der Waals surface area contributed by atoms with Crippen LogP contribution in [0.25, 0.3) is 0 Å². The molecule has 15 heavy (non-hydrogen) atoms. The summed E-state index contributed by atoms with van der Waals surface area (Å²) in [5, 5.41) is 32.4. The number of hydrogen-bond donors (Lipinski definition) is 4. The van der Waals surface area contributed by atoms with Gasteiger partial charge in [-0.1, -0.05) is 0 Å². The fourth-order valence-corrected chi connectivity index (χ4v) is 0.609. The Kier molecular flexibility index (Phi) is 8.69. The maximum Gasteiger partial charge on any atom is 0.707 e. The molecule has 0 amide bonds. The zero-order valence-corrected chi connectivity index (χ0v) is 8.15. The average molecular weight is 215 g/mol. The van der Waals surface area contributed by atoms with Crippen LogP contribution in [0.4, 0.5) is 0 Å². The van der Waals surface area contributed by atoms with E-state index in [-0.39, 0.29) is 13.2 Å². The number of aliphatic hydroxyl groups excluding tert-OH is 2. The van der Waals surface area contributed by atoms with Crippen LogP contribution >= 0.6 is 0 Å². The molecule has 4 N–H and O–H groups in total. The Labute approximate surface area is 88.0 Å². The molecule has 1 aromatic rings. The van der Waals surface area contributed by atoms with Gasteiger partial charge in [-0.2, -0.15) is 0 Å². The number of pyridine rings is 1. The summed E-state index contributed by atoms with van der Waals surface area (Å²) < 4.78 is 4.46. The molecule has 0 spiro atoms. The third-order valence-electron chi connectivity index (χ3n) is 1.19. The van der Waals surface area contributed by atoms with Crippen LogP contribution in [0.1, 0.15) is 6.42 Å². The standard InChI is InChI=1S/C5H6BNO3.C3H8O2/c8-6(9)10-5-2-1-3-7-4-5;4-2-1-3-5/h1-4,8-9H;4-5H,1-3H2. The molecule has 0 atom stereocenters. The second-order valence-electron chi connectivity index (χ2n) is 2.43. The molecule has 0 aliphatic heterocycles. The van der Waals surface area contributed by atoms with Crippen molar-refractivity contribution in [3.63, 3.8) is 0 Å². The molecule has 0 aromatic carbocycles. The van der Waals surface area contributed by atoms with Crippen LogP contribution in [0.3, 0.4) is 0 Å². The molecular weight excluding hydrogens is 201 g/mol. The Morgan fingerprint density at radius 1 is 1.27 bits per heavy atom. The third-order valence-corrected chi connectivity index (χ3v) is 1.19. The molecule has 0 fully saturated rings. The highest BCUT2D eigenvalue weighted by molar-refractivity contribution is 6.33. The lowest BCUT2D eigenvalue weighted by Gasteiger charge is -2.01. The van der Waals surface area contributed by atoms with E-state index in [1.807, 2.05) is 0 Å². The second-order valence-corrected chi connectivity index (χ2v) is 2.43. The number of nitrogens with zero attached hydrogens (tertiary/aromatic N) is 1. The van der Waals surface area contributed by atoms with Crippen LogP contribution < -0.4 is 4.65 Å². The summed E-state index contributed by atoms with van der Waals surface area (Å²) in [4.78, 5) is 3.69. The first-order valence-corrected chi connectivity index (χ1v) is 4.35. The van der Waals surface area contributed by atoms with Gasteiger partial charge in [0, 0.05) is 19.4 Å². The van der Waals surface area contributed by atoms with Crippen molar-refractivity contribution in [3.05, 3.63) is 24.5 Å². The van der Waals surface area contributed by atoms with Gasteiger partial charge in [-0.25, -0.2) is 0 Å². The highest BCUT2D eigenvalue weighted by Crippen LogP contribution is 2.05. The minimum Gasteiger partial charge on any atom is -0.511 e. The highest BCUT2D eigenvalue weighted by Gasteiger charge is 2.09. The fraction of sp³-hybridized carbons (Fsp3) is 0.375. The fourth-order valence-electron chi connectivity index (χ4n) is 0.609. The SMILES string of the molecule is OB(O)Oc1cccnc1.OCCCO. The smallest absolute Gasteiger partial charge is 0.511 e. The predicted octanol–water partition coefficient (Wildman–Crippen LogP) is -1.21. The van der Waals surface area contributed by atoms with E-state index in [9.17, 15) is 0 Å². The van der Waals surface area contributed by atoms with Crippen molar-refractivity contribution < 1.29 is 24.9 Å². The maximum atomic E-state index is 8.31. The molecule has 0 aliphatic rings. The van der Waals surface area contributed by atoms with Crippen molar-refractivity contribution in [1.82, 2.24) is 4.98 Å². The number of aromatic nitrogens is 1. The first-order chi connectivity index (χ1) is 7.20. The van der Waals surface area contributed by atoms with E-state index in [0.29, 0.717) is 12.2 Å². The number of rotatable bonds is 4. The zero-order chi connectivity index (χ0) is 11.5. The van der Waals surface area contributed by atoms with Gasteiger partial charge in [0.1, 0.15) is 5.75 Å². The Morgan fingerprint density at radius 3 is 2.27 bits per heavy atom. The van der Waals surface area contributed by atoms with E-state index >= 15 is 0 Å². The average Bonchev–Trinajstić information content (AvgIpc) is 2.20. The summed E-state index contributed by atoms with van der Waals surface area (Å²) >= 11 is 0. The van der Waals surface area contributed by atoms with Crippen LogP contribution in [0.15, 0.2) is 24.5 Å². The largest absolute Gasteiger partial charge is 0.707 e. The molecule has 0 aliphatic carbocycles. The lowest BCUT2D eigenvalue weighted by atomic mass is 10.2. The van der Waals surface area contributed by atoms with E-state index in [4.69, 9.17) is 20.3 Å². The van der Waals surface area contributed by atoms with Gasteiger partial charge in [0.15, 0.2) is 0 Å². The quantitative estimate of drug-likeness (QED) is 0.470. The van der Waals surface area contributed by atoms with Crippen molar-refractivity contribution in [1.29, 1.82) is 0 Å². The van der Waals surface area contributed by atoms with E-state index in [1.54, 1.807) is 18.3 Å². The van der Waals surface area contributed by atoms with Gasteiger partial charge < -0.3 is 24.9 Å². The van der Waals surface area contributed by atoms with Gasteiger partial charge in [-0.3, -0.25) is 4.98 Å². The van der Waals surface area contributed by atoms with Crippen LogP contribution in [0.2, 0.25) is 0 Å². The predicted molar refractivity (Wildman–Crippen MR) is 53.8 cm³/mol. The van der Waals surface area contributed by atoms with Gasteiger partial charge in [-0.05, 0) is 18.6 Å². The topological polar surface area (TPSA) is 103 Å². The lowest BCUT2D eigenvalue weighted by molar-refractivity contribution is 0.221. The van der Waals surface area contributed by atoms with Crippen LogP contribution in [0, 0.1) is 0 Å². The van der Waals surface area contributed by atoms with Crippen LogP contribution in [-0.2, 0) is 0 Å². The Bertz CT molecular complexity index is 232. The second kappa shape index (κ2) is 9.41. The van der Waals surface area contributed by atoms with Crippen molar-refractivity contribution in [2.45, 2.75) is 6.42 Å². The summed E-state index contributed by atoms with van der Waals surface area (Å²) in [6.07, 6.45) is 3.45. The first kappa shape index (κ1) is 13.9. The summed E-state index contributed by atoms with van der Waals surface area (Å²) in [5.41, 5.74) is 0. The molecule has 0 saturated heterocycles. The molecule has 1 heterocycles. The van der Waals surface area contributed by atoms with Gasteiger partial charge >= 0.3 is 7.32 Å². The van der Waals surface area contributed by atoms with Crippen molar-refractivity contribution >= 4 is 7.32 Å². The molecule has 0 bridgehead atoms. The van der Waals surface area contributed by atoms with Crippen LogP contribution in [-0.4, -0.2) is 45.8 Å². The van der Waals surface area contributed by atoms with E-state index in [2.05, 4.69) is 9.64 Å². The molecule has 84 valence electrons. The van der Waals surface area contributed by atoms with Gasteiger partial charge in [0.05, 0.1) is 6.20 Å². The van der Waals surface area contributed by atoms with Crippen molar-refractivity contribution in [3.8, 4) is 5.75 Å². The molecule has 0 radical (unpaired) electrons. The van der Waals surface area contributed by atoms with Crippen molar-refractivity contribution in [2.75, 3.05) is 13.2 Å². The van der Waals surface area contributed by atoms with E-state index < -0.39 is 7.32 Å². The summed E-state index contributed by atoms with van der Waals surface area (Å²) in [5.74, 6) is 0.331. The Hall–Kier alpha value is -1.15. The number of hydrogen-bond acceptors (Lipinski definition) is 6. The molecule has 6 nitrogen and oxygen atoms in total. The lowest BCUT2D eigenvalue weighted by Crippen LogP contribution is -2.20. The van der Waals surface area contributed by atoms with Crippen LogP contribution in [0.5, 0.6) is 5.75 Å². The number of aliphatic hydroxyl groups is 2. The Balaban J connectivity index is 0.000000336. The monoisotopic (exact) mass is 215 g/mol. The molecule has 7 heteroatoms. The van der Waals surface area contributed by atoms with Gasteiger partial charge in [0.25, 0.3) is 0 Å². The zero-order valence-electron chi connectivity index (χ0n) is 8.15.